The molecule has 0 radical (unpaired) electrons. The molecule has 1 N–H and O–H groups in total. The number of methoxy groups -OCH3 is 1. The van der Waals surface area contributed by atoms with Crippen LogP contribution in [0.2, 0.25) is 0 Å². The van der Waals surface area contributed by atoms with Crippen molar-refractivity contribution in [3.63, 3.8) is 0 Å². The molecule has 1 fully saturated rings. The molecule has 8 heteroatoms. The fourth-order valence-corrected chi connectivity index (χ4v) is 3.66. The molecule has 1 aliphatic rings. The number of piperidine rings is 1. The molecule has 0 spiro atoms. The molecular formula is C22H23FN4O3. The number of hydrogen-bond acceptors (Lipinski definition) is 5. The summed E-state index contributed by atoms with van der Waals surface area (Å²) in [6.45, 7) is 1.28. The molecule has 0 bridgehead atoms. The molecule has 1 aromatic heterocycles. The van der Waals surface area contributed by atoms with Gasteiger partial charge < -0.3 is 19.5 Å². The highest BCUT2D eigenvalue weighted by molar-refractivity contribution is 5.89. The average Bonchev–Trinajstić information content (AvgIpc) is 3.22. The Balaban J connectivity index is 1.37. The Morgan fingerprint density at radius 1 is 1.30 bits per heavy atom. The molecule has 30 heavy (non-hydrogen) atoms. The molecule has 0 saturated carbocycles. The molecule has 2 aromatic carbocycles. The van der Waals surface area contributed by atoms with E-state index in [-0.39, 0.29) is 23.6 Å². The molecule has 2 amide bonds. The Morgan fingerprint density at radius 2 is 2.17 bits per heavy atom. The maximum Gasteiger partial charge on any atom is 0.321 e. The number of likely N-dealkylation sites (tertiary alicyclic amines) is 1. The first-order chi connectivity index (χ1) is 14.6. The highest BCUT2D eigenvalue weighted by Crippen LogP contribution is 2.24. The molecular weight excluding hydrogens is 387 g/mol. The zero-order chi connectivity index (χ0) is 20.9. The zero-order valence-corrected chi connectivity index (χ0v) is 16.7. The van der Waals surface area contributed by atoms with E-state index < -0.39 is 0 Å². The summed E-state index contributed by atoms with van der Waals surface area (Å²) in [6.07, 6.45) is 2.40. The van der Waals surface area contributed by atoms with Gasteiger partial charge in [-0.05, 0) is 43.0 Å². The van der Waals surface area contributed by atoms with Gasteiger partial charge in [0.15, 0.2) is 0 Å². The van der Waals surface area contributed by atoms with Crippen molar-refractivity contribution in [1.29, 1.82) is 0 Å². The number of ether oxygens (including phenoxy) is 1. The van der Waals surface area contributed by atoms with Gasteiger partial charge in [0.05, 0.1) is 12.7 Å². The number of nitrogens with one attached hydrogen (secondary N) is 1. The van der Waals surface area contributed by atoms with E-state index in [2.05, 4.69) is 15.5 Å². The monoisotopic (exact) mass is 410 g/mol. The molecule has 156 valence electrons. The van der Waals surface area contributed by atoms with Crippen LogP contribution in [0, 0.1) is 11.7 Å². The first kappa shape index (κ1) is 19.9. The van der Waals surface area contributed by atoms with Gasteiger partial charge in [0.2, 0.25) is 11.7 Å². The normalized spacial score (nSPS) is 16.3. The highest BCUT2D eigenvalue weighted by atomic mass is 19.1. The molecule has 2 heterocycles. The number of carbonyl (C=O) groups is 1. The van der Waals surface area contributed by atoms with E-state index in [9.17, 15) is 9.18 Å². The van der Waals surface area contributed by atoms with Crippen LogP contribution in [0.5, 0.6) is 5.75 Å². The van der Waals surface area contributed by atoms with Gasteiger partial charge in [0, 0.05) is 31.3 Å². The second-order valence-electron chi connectivity index (χ2n) is 7.31. The number of nitrogens with zero attached hydrogens (tertiary/aromatic N) is 3. The van der Waals surface area contributed by atoms with Gasteiger partial charge in [0.25, 0.3) is 0 Å². The third-order valence-electron chi connectivity index (χ3n) is 5.17. The van der Waals surface area contributed by atoms with Crippen molar-refractivity contribution in [2.45, 2.75) is 19.3 Å². The van der Waals surface area contributed by atoms with Gasteiger partial charge in [-0.3, -0.25) is 0 Å². The van der Waals surface area contributed by atoms with Crippen molar-refractivity contribution in [2.75, 3.05) is 25.5 Å². The summed E-state index contributed by atoms with van der Waals surface area (Å²) >= 11 is 0. The van der Waals surface area contributed by atoms with Crippen LogP contribution in [-0.4, -0.2) is 41.3 Å². The summed E-state index contributed by atoms with van der Waals surface area (Å²) in [5.74, 6) is 1.19. The van der Waals surface area contributed by atoms with Crippen molar-refractivity contribution in [3.8, 4) is 17.1 Å². The molecule has 1 atom stereocenters. The summed E-state index contributed by atoms with van der Waals surface area (Å²) in [5.41, 5.74) is 1.00. The van der Waals surface area contributed by atoms with Crippen LogP contribution in [0.4, 0.5) is 14.9 Å². The van der Waals surface area contributed by atoms with Crippen LogP contribution in [0.3, 0.4) is 0 Å². The minimum atomic E-state index is -0.386. The van der Waals surface area contributed by atoms with E-state index in [1.165, 1.54) is 6.07 Å². The maximum atomic E-state index is 13.9. The standard InChI is InChI=1S/C22H23FN4O3/c1-29-17-8-4-7-16(13-17)24-22(28)27-11-5-6-15(14-27)12-20-25-21(26-30-20)18-9-2-3-10-19(18)23/h2-4,7-10,13,15H,5-6,11-12,14H2,1H3,(H,24,28). The number of urea groups is 1. The van der Waals surface area contributed by atoms with Crippen molar-refractivity contribution >= 4 is 11.7 Å². The summed E-state index contributed by atoms with van der Waals surface area (Å²) in [7, 11) is 1.59. The van der Waals surface area contributed by atoms with Gasteiger partial charge in [-0.15, -0.1) is 0 Å². The predicted octanol–water partition coefficient (Wildman–Crippen LogP) is 4.37. The minimum absolute atomic E-state index is 0.148. The van der Waals surface area contributed by atoms with Crippen LogP contribution >= 0.6 is 0 Å². The predicted molar refractivity (Wildman–Crippen MR) is 110 cm³/mol. The molecule has 7 nitrogen and oxygen atoms in total. The number of hydrogen-bond donors (Lipinski definition) is 1. The maximum absolute atomic E-state index is 13.9. The molecule has 1 saturated heterocycles. The third kappa shape index (κ3) is 4.59. The Labute approximate surface area is 173 Å². The number of carbonyl (C=O) groups excluding carboxylic acids is 1. The first-order valence-electron chi connectivity index (χ1n) is 9.90. The molecule has 3 aromatic rings. The number of aromatic nitrogens is 2. The number of benzene rings is 2. The second kappa shape index (κ2) is 8.94. The lowest BCUT2D eigenvalue weighted by atomic mass is 9.95. The summed E-state index contributed by atoms with van der Waals surface area (Å²) in [4.78, 5) is 18.8. The lowest BCUT2D eigenvalue weighted by Crippen LogP contribution is -2.42. The van der Waals surface area contributed by atoms with E-state index in [1.54, 1.807) is 36.3 Å². The lowest BCUT2D eigenvalue weighted by Gasteiger charge is -2.32. The Hall–Kier alpha value is -3.42. The fraction of sp³-hybridized carbons (Fsp3) is 0.318. The smallest absolute Gasteiger partial charge is 0.321 e. The van der Waals surface area contributed by atoms with Crippen LogP contribution in [0.1, 0.15) is 18.7 Å². The van der Waals surface area contributed by atoms with Gasteiger partial charge >= 0.3 is 6.03 Å². The van der Waals surface area contributed by atoms with Crippen molar-refractivity contribution < 1.29 is 18.4 Å². The Morgan fingerprint density at radius 3 is 3.00 bits per heavy atom. The quantitative estimate of drug-likeness (QED) is 0.676. The second-order valence-corrected chi connectivity index (χ2v) is 7.31. The molecule has 1 unspecified atom stereocenters. The number of amides is 2. The van der Waals surface area contributed by atoms with Gasteiger partial charge in [0.1, 0.15) is 11.6 Å². The molecule has 4 rings (SSSR count). The van der Waals surface area contributed by atoms with E-state index >= 15 is 0 Å². The SMILES string of the molecule is COc1cccc(NC(=O)N2CCCC(Cc3nc(-c4ccccc4F)no3)C2)c1. The number of rotatable bonds is 5. The van der Waals surface area contributed by atoms with E-state index in [0.29, 0.717) is 42.4 Å². The van der Waals surface area contributed by atoms with Crippen molar-refractivity contribution in [2.24, 2.45) is 5.92 Å². The van der Waals surface area contributed by atoms with Crippen LogP contribution in [-0.2, 0) is 6.42 Å². The zero-order valence-electron chi connectivity index (χ0n) is 16.7. The van der Waals surface area contributed by atoms with Gasteiger partial charge in [-0.25, -0.2) is 9.18 Å². The van der Waals surface area contributed by atoms with E-state index in [4.69, 9.17) is 9.26 Å². The first-order valence-corrected chi connectivity index (χ1v) is 9.90. The van der Waals surface area contributed by atoms with Gasteiger partial charge in [-0.1, -0.05) is 23.4 Å². The topological polar surface area (TPSA) is 80.5 Å². The highest BCUT2D eigenvalue weighted by Gasteiger charge is 2.26. The Kier molecular flexibility index (Phi) is 5.92. The summed E-state index contributed by atoms with van der Waals surface area (Å²) in [5, 5.41) is 6.82. The van der Waals surface area contributed by atoms with Crippen LogP contribution in [0.15, 0.2) is 53.1 Å². The fourth-order valence-electron chi connectivity index (χ4n) is 3.66. The van der Waals surface area contributed by atoms with Gasteiger partial charge in [-0.2, -0.15) is 4.98 Å². The number of halogens is 1. The van der Waals surface area contributed by atoms with Crippen LogP contribution in [0.25, 0.3) is 11.4 Å². The van der Waals surface area contributed by atoms with E-state index in [0.717, 1.165) is 12.8 Å². The molecule has 1 aliphatic heterocycles. The summed E-state index contributed by atoms with van der Waals surface area (Å²) < 4.78 is 24.5. The number of anilines is 1. The van der Waals surface area contributed by atoms with Crippen molar-refractivity contribution in [1.82, 2.24) is 15.0 Å². The van der Waals surface area contributed by atoms with Crippen LogP contribution < -0.4 is 10.1 Å². The summed E-state index contributed by atoms with van der Waals surface area (Å²) in [6, 6.07) is 13.4. The third-order valence-corrected chi connectivity index (χ3v) is 5.17. The van der Waals surface area contributed by atoms with Crippen molar-refractivity contribution in [3.05, 3.63) is 60.2 Å². The van der Waals surface area contributed by atoms with E-state index in [1.807, 2.05) is 18.2 Å². The lowest BCUT2D eigenvalue weighted by molar-refractivity contribution is 0.173. The largest absolute Gasteiger partial charge is 0.497 e. The average molecular weight is 410 g/mol. The Bertz CT molecular complexity index is 1020. The minimum Gasteiger partial charge on any atom is -0.497 e. The molecule has 0 aliphatic carbocycles.